The molecule has 2 heterocycles. The van der Waals surface area contributed by atoms with Crippen molar-refractivity contribution in [2.45, 2.75) is 18.4 Å². The van der Waals surface area contributed by atoms with Crippen LogP contribution < -0.4 is 5.32 Å². The van der Waals surface area contributed by atoms with Crippen LogP contribution in [-0.4, -0.2) is 31.7 Å². The molecule has 0 aliphatic carbocycles. The van der Waals surface area contributed by atoms with Gasteiger partial charge in [-0.05, 0) is 23.6 Å². The number of nitrogens with one attached hydrogen (secondary N) is 1. The van der Waals surface area contributed by atoms with Gasteiger partial charge in [0.25, 0.3) is 5.69 Å². The van der Waals surface area contributed by atoms with Crippen LogP contribution in [0.1, 0.15) is 12.5 Å². The fourth-order valence-electron chi connectivity index (χ4n) is 3.15. The maximum Gasteiger partial charge on any atom is 0.271 e. The van der Waals surface area contributed by atoms with Gasteiger partial charge in [-0.3, -0.25) is 14.9 Å². The topological polar surface area (TPSA) is 118 Å². The van der Waals surface area contributed by atoms with Crippen molar-refractivity contribution in [2.75, 3.05) is 11.1 Å². The molecule has 2 aromatic carbocycles. The quantitative estimate of drug-likeness (QED) is 0.125. The first-order valence-electron chi connectivity index (χ1n) is 9.68. The van der Waals surface area contributed by atoms with E-state index in [1.165, 1.54) is 47.1 Å². The molecule has 4 rings (SSSR count). The minimum Gasteiger partial charge on any atom is -0.506 e. The normalized spacial score (nSPS) is 10.9. The molecule has 1 amide bonds. The van der Waals surface area contributed by atoms with Gasteiger partial charge in [-0.25, -0.2) is 9.97 Å². The summed E-state index contributed by atoms with van der Waals surface area (Å²) in [5, 5.41) is 27.0. The van der Waals surface area contributed by atoms with Gasteiger partial charge in [0.15, 0.2) is 0 Å². The van der Waals surface area contributed by atoms with Gasteiger partial charge >= 0.3 is 0 Å². The lowest BCUT2D eigenvalue weighted by Gasteiger charge is -2.08. The summed E-state index contributed by atoms with van der Waals surface area (Å²) in [4.78, 5) is 32.4. The van der Waals surface area contributed by atoms with E-state index in [4.69, 9.17) is 0 Å². The van der Waals surface area contributed by atoms with Crippen molar-refractivity contribution in [3.05, 3.63) is 69.8 Å². The molecule has 10 heteroatoms. The van der Waals surface area contributed by atoms with E-state index in [2.05, 4.69) is 46.5 Å². The minimum atomic E-state index is -0.591. The average molecular weight is 467 g/mol. The Balaban J connectivity index is 1.55. The maximum absolute atomic E-state index is 12.5. The summed E-state index contributed by atoms with van der Waals surface area (Å²) < 4.78 is 0. The van der Waals surface area contributed by atoms with Crippen molar-refractivity contribution in [2.24, 2.45) is 0 Å². The van der Waals surface area contributed by atoms with E-state index >= 15 is 0 Å². The number of carbonyl (C=O) groups is 1. The number of hydrogen-bond acceptors (Lipinski definition) is 8. The number of non-ortho nitro benzene ring substituents is 1. The van der Waals surface area contributed by atoms with Gasteiger partial charge in [0.1, 0.15) is 21.9 Å². The molecular formula is C22H18N4O4S2. The average Bonchev–Trinajstić information content (AvgIpc) is 3.24. The number of anilines is 1. The van der Waals surface area contributed by atoms with Crippen molar-refractivity contribution in [3.63, 3.8) is 0 Å². The van der Waals surface area contributed by atoms with E-state index < -0.39 is 10.8 Å². The molecular weight excluding hydrogens is 448 g/mol. The standard InChI is InChI=1S/C22H18N4O4S2/c1-2-13-3-5-14(6-4-13)16-10-31-21-20(16)22(24-12-23-21)32-11-19(28)25-17-9-15(26(29)30)7-8-18(17)27/h3-10,12,27H,2,11H2,1H3,(H,25,28). The molecule has 0 fully saturated rings. The van der Waals surface area contributed by atoms with Gasteiger partial charge in [-0.2, -0.15) is 0 Å². The molecule has 0 saturated heterocycles. The Labute approximate surface area is 191 Å². The highest BCUT2D eigenvalue weighted by molar-refractivity contribution is 8.00. The first-order valence-corrected chi connectivity index (χ1v) is 11.5. The van der Waals surface area contributed by atoms with Gasteiger partial charge in [0.2, 0.25) is 5.91 Å². The number of phenols is 1. The Morgan fingerprint density at radius 2 is 2.00 bits per heavy atom. The number of aromatic nitrogens is 2. The van der Waals surface area contributed by atoms with Crippen molar-refractivity contribution >= 4 is 50.6 Å². The van der Waals surface area contributed by atoms with Gasteiger partial charge in [-0.1, -0.05) is 43.0 Å². The van der Waals surface area contributed by atoms with Crippen LogP contribution in [0.5, 0.6) is 5.75 Å². The molecule has 162 valence electrons. The Bertz CT molecular complexity index is 1310. The highest BCUT2D eigenvalue weighted by atomic mass is 32.2. The fraction of sp³-hybridized carbons (Fsp3) is 0.136. The van der Waals surface area contributed by atoms with E-state index in [0.29, 0.717) is 5.03 Å². The molecule has 0 bridgehead atoms. The summed E-state index contributed by atoms with van der Waals surface area (Å²) in [5.74, 6) is -0.645. The van der Waals surface area contributed by atoms with E-state index in [1.807, 2.05) is 5.38 Å². The van der Waals surface area contributed by atoms with Crippen molar-refractivity contribution in [1.82, 2.24) is 9.97 Å². The van der Waals surface area contributed by atoms with Crippen molar-refractivity contribution in [1.29, 1.82) is 0 Å². The Morgan fingerprint density at radius 3 is 2.72 bits per heavy atom. The van der Waals surface area contributed by atoms with E-state index in [0.717, 1.165) is 33.8 Å². The number of aryl methyl sites for hydroxylation is 1. The number of carbonyl (C=O) groups excluding carboxylic acids is 1. The summed E-state index contributed by atoms with van der Waals surface area (Å²) in [6.45, 7) is 2.11. The number of rotatable bonds is 7. The number of thioether (sulfide) groups is 1. The smallest absolute Gasteiger partial charge is 0.271 e. The number of phenolic OH excluding ortho intramolecular Hbond substituents is 1. The van der Waals surface area contributed by atoms with Crippen LogP contribution in [0.15, 0.2) is 59.2 Å². The van der Waals surface area contributed by atoms with Crippen LogP contribution in [0.2, 0.25) is 0 Å². The SMILES string of the molecule is CCc1ccc(-c2csc3ncnc(SCC(=O)Nc4cc([N+](=O)[O-])ccc4O)c23)cc1. The predicted molar refractivity (Wildman–Crippen MR) is 126 cm³/mol. The number of nitro groups is 1. The predicted octanol–water partition coefficient (Wildman–Crippen LogP) is 5.27. The summed E-state index contributed by atoms with van der Waals surface area (Å²) in [6, 6.07) is 11.8. The van der Waals surface area contributed by atoms with Crippen molar-refractivity contribution in [3.8, 4) is 16.9 Å². The Morgan fingerprint density at radius 1 is 1.22 bits per heavy atom. The summed E-state index contributed by atoms with van der Waals surface area (Å²) in [6.07, 6.45) is 2.43. The molecule has 0 atom stereocenters. The van der Waals surface area contributed by atoms with Crippen molar-refractivity contribution < 1.29 is 14.8 Å². The zero-order chi connectivity index (χ0) is 22.7. The molecule has 0 radical (unpaired) electrons. The number of thiophene rings is 1. The lowest BCUT2D eigenvalue weighted by Crippen LogP contribution is -2.14. The molecule has 0 saturated carbocycles. The zero-order valence-corrected chi connectivity index (χ0v) is 18.6. The van der Waals surface area contributed by atoms with Gasteiger partial charge in [0.05, 0.1) is 21.7 Å². The molecule has 0 aliphatic rings. The molecule has 0 unspecified atom stereocenters. The van der Waals surface area contributed by atoms with E-state index in [9.17, 15) is 20.0 Å². The number of benzene rings is 2. The number of fused-ring (bicyclic) bond motifs is 1. The minimum absolute atomic E-state index is 0.00938. The monoisotopic (exact) mass is 466 g/mol. The molecule has 0 spiro atoms. The lowest BCUT2D eigenvalue weighted by molar-refractivity contribution is -0.384. The number of amides is 1. The summed E-state index contributed by atoms with van der Waals surface area (Å²) in [5.41, 5.74) is 3.08. The molecule has 4 aromatic rings. The summed E-state index contributed by atoms with van der Waals surface area (Å²) >= 11 is 2.76. The molecule has 32 heavy (non-hydrogen) atoms. The number of nitrogens with zero attached hydrogens (tertiary/aromatic N) is 3. The van der Waals surface area contributed by atoms with E-state index in [1.54, 1.807) is 0 Å². The highest BCUT2D eigenvalue weighted by Gasteiger charge is 2.16. The van der Waals surface area contributed by atoms with Crippen LogP contribution in [0.3, 0.4) is 0 Å². The number of hydrogen-bond donors (Lipinski definition) is 2. The van der Waals surface area contributed by atoms with Crippen LogP contribution >= 0.6 is 23.1 Å². The second-order valence-corrected chi connectivity index (χ2v) is 8.68. The number of aromatic hydroxyl groups is 1. The molecule has 0 aliphatic heterocycles. The second-order valence-electron chi connectivity index (χ2n) is 6.85. The Kier molecular flexibility index (Phi) is 6.33. The highest BCUT2D eigenvalue weighted by Crippen LogP contribution is 2.38. The van der Waals surface area contributed by atoms with Gasteiger partial charge in [-0.15, -0.1) is 11.3 Å². The van der Waals surface area contributed by atoms with Crippen LogP contribution in [-0.2, 0) is 11.2 Å². The van der Waals surface area contributed by atoms with Crippen LogP contribution in [0.4, 0.5) is 11.4 Å². The van der Waals surface area contributed by atoms with Gasteiger partial charge in [0, 0.05) is 23.1 Å². The first kappa shape index (κ1) is 21.7. The third-order valence-electron chi connectivity index (χ3n) is 4.81. The number of nitro benzene ring substituents is 1. The maximum atomic E-state index is 12.5. The third kappa shape index (κ3) is 4.56. The second kappa shape index (κ2) is 9.33. The first-order chi connectivity index (χ1) is 15.5. The largest absolute Gasteiger partial charge is 0.506 e. The summed E-state index contributed by atoms with van der Waals surface area (Å²) in [7, 11) is 0. The Hall–Kier alpha value is -3.50. The van der Waals surface area contributed by atoms with Crippen LogP contribution in [0.25, 0.3) is 21.3 Å². The molecule has 8 nitrogen and oxygen atoms in total. The van der Waals surface area contributed by atoms with Crippen LogP contribution in [0, 0.1) is 10.1 Å². The molecule has 2 aromatic heterocycles. The van der Waals surface area contributed by atoms with E-state index in [-0.39, 0.29) is 22.9 Å². The zero-order valence-electron chi connectivity index (χ0n) is 16.9. The third-order valence-corrected chi connectivity index (χ3v) is 6.69. The lowest BCUT2D eigenvalue weighted by atomic mass is 10.0. The fourth-order valence-corrected chi connectivity index (χ4v) is 4.94. The molecule has 2 N–H and O–H groups in total. The van der Waals surface area contributed by atoms with Gasteiger partial charge < -0.3 is 10.4 Å².